The zero-order valence-electron chi connectivity index (χ0n) is 12.0. The van der Waals surface area contributed by atoms with Gasteiger partial charge in [-0.15, -0.1) is 0 Å². The predicted molar refractivity (Wildman–Crippen MR) is 79.4 cm³/mol. The first-order chi connectivity index (χ1) is 9.13. The lowest BCUT2D eigenvalue weighted by Gasteiger charge is -2.08. The van der Waals surface area contributed by atoms with E-state index >= 15 is 0 Å². The van der Waals surface area contributed by atoms with E-state index in [1.165, 1.54) is 24.3 Å². The Labute approximate surface area is 121 Å². The van der Waals surface area contributed by atoms with Gasteiger partial charge in [-0.25, -0.2) is 16.8 Å². The molecule has 1 aromatic rings. The molecule has 0 aliphatic carbocycles. The molecule has 0 atom stereocenters. The quantitative estimate of drug-likeness (QED) is 0.765. The molecule has 0 bridgehead atoms. The minimum Gasteiger partial charge on any atom is -0.314 e. The first-order valence-electron chi connectivity index (χ1n) is 6.39. The highest BCUT2D eigenvalue weighted by atomic mass is 32.2. The van der Waals surface area contributed by atoms with Crippen LogP contribution in [0.1, 0.15) is 20.3 Å². The molecule has 0 saturated carbocycles. The van der Waals surface area contributed by atoms with Crippen LogP contribution in [0, 0.1) is 0 Å². The van der Waals surface area contributed by atoms with E-state index in [9.17, 15) is 16.8 Å². The SMILES string of the molecule is CC(C)NCCCS(=O)(=O)c1ccc(S(C)(=O)=O)cc1. The van der Waals surface area contributed by atoms with Gasteiger partial charge < -0.3 is 5.32 Å². The molecule has 0 saturated heterocycles. The van der Waals surface area contributed by atoms with Crippen LogP contribution in [0.25, 0.3) is 0 Å². The van der Waals surface area contributed by atoms with Crippen LogP contribution in [0.5, 0.6) is 0 Å². The van der Waals surface area contributed by atoms with E-state index in [0.29, 0.717) is 19.0 Å². The fraction of sp³-hybridized carbons (Fsp3) is 0.538. The number of hydrogen-bond donors (Lipinski definition) is 1. The van der Waals surface area contributed by atoms with Crippen LogP contribution in [0.4, 0.5) is 0 Å². The number of nitrogens with one attached hydrogen (secondary N) is 1. The lowest BCUT2D eigenvalue weighted by molar-refractivity contribution is 0.568. The van der Waals surface area contributed by atoms with Gasteiger partial charge in [0.2, 0.25) is 0 Å². The van der Waals surface area contributed by atoms with E-state index in [4.69, 9.17) is 0 Å². The first-order valence-corrected chi connectivity index (χ1v) is 9.93. The van der Waals surface area contributed by atoms with Gasteiger partial charge in [-0.05, 0) is 37.2 Å². The van der Waals surface area contributed by atoms with Crippen molar-refractivity contribution in [3.05, 3.63) is 24.3 Å². The van der Waals surface area contributed by atoms with E-state index < -0.39 is 19.7 Å². The molecule has 1 aromatic carbocycles. The molecule has 1 N–H and O–H groups in total. The Morgan fingerprint density at radius 2 is 1.50 bits per heavy atom. The highest BCUT2D eigenvalue weighted by Crippen LogP contribution is 2.16. The average Bonchev–Trinajstić information content (AvgIpc) is 2.34. The van der Waals surface area contributed by atoms with Crippen LogP contribution in [0.15, 0.2) is 34.1 Å². The highest BCUT2D eigenvalue weighted by molar-refractivity contribution is 7.91. The summed E-state index contributed by atoms with van der Waals surface area (Å²) in [6.07, 6.45) is 1.61. The minimum absolute atomic E-state index is 0.0466. The van der Waals surface area contributed by atoms with Crippen LogP contribution < -0.4 is 5.32 Å². The Kier molecular flexibility index (Phi) is 5.73. The third kappa shape index (κ3) is 5.22. The second-order valence-corrected chi connectivity index (χ2v) is 9.15. The van der Waals surface area contributed by atoms with Crippen LogP contribution in [-0.2, 0) is 19.7 Å². The zero-order chi connectivity index (χ0) is 15.4. The van der Waals surface area contributed by atoms with Gasteiger partial charge in [-0.1, -0.05) is 13.8 Å². The summed E-state index contributed by atoms with van der Waals surface area (Å²) in [5.41, 5.74) is 0. The maximum Gasteiger partial charge on any atom is 0.178 e. The molecule has 7 heteroatoms. The van der Waals surface area contributed by atoms with Crippen molar-refractivity contribution in [3.8, 4) is 0 Å². The van der Waals surface area contributed by atoms with Gasteiger partial charge in [0.15, 0.2) is 19.7 Å². The van der Waals surface area contributed by atoms with Crippen molar-refractivity contribution in [2.45, 2.75) is 36.1 Å². The van der Waals surface area contributed by atoms with E-state index in [1.807, 2.05) is 13.8 Å². The Morgan fingerprint density at radius 3 is 1.95 bits per heavy atom. The van der Waals surface area contributed by atoms with Gasteiger partial charge in [0.25, 0.3) is 0 Å². The van der Waals surface area contributed by atoms with E-state index in [0.717, 1.165) is 6.26 Å². The maximum atomic E-state index is 12.1. The molecule has 0 spiro atoms. The molecule has 0 amide bonds. The molecule has 114 valence electrons. The maximum absolute atomic E-state index is 12.1. The van der Waals surface area contributed by atoms with Gasteiger partial charge in [0, 0.05) is 12.3 Å². The summed E-state index contributed by atoms with van der Waals surface area (Å²) in [4.78, 5) is 0.285. The monoisotopic (exact) mass is 319 g/mol. The second-order valence-electron chi connectivity index (χ2n) is 5.02. The van der Waals surface area contributed by atoms with Crippen LogP contribution in [0.2, 0.25) is 0 Å². The third-order valence-corrected chi connectivity index (χ3v) is 5.70. The molecular weight excluding hydrogens is 298 g/mol. The summed E-state index contributed by atoms with van der Waals surface area (Å²) < 4.78 is 46.7. The van der Waals surface area contributed by atoms with Crippen molar-refractivity contribution < 1.29 is 16.8 Å². The predicted octanol–water partition coefficient (Wildman–Crippen LogP) is 1.25. The van der Waals surface area contributed by atoms with Gasteiger partial charge in [-0.3, -0.25) is 0 Å². The number of hydrogen-bond acceptors (Lipinski definition) is 5. The summed E-state index contributed by atoms with van der Waals surface area (Å²) in [6.45, 7) is 4.63. The summed E-state index contributed by atoms with van der Waals surface area (Å²) >= 11 is 0. The number of benzene rings is 1. The summed E-state index contributed by atoms with van der Waals surface area (Å²) in [7, 11) is -6.66. The summed E-state index contributed by atoms with van der Waals surface area (Å²) in [5.74, 6) is 0.0466. The van der Waals surface area contributed by atoms with Crippen LogP contribution in [-0.4, -0.2) is 41.4 Å². The van der Waals surface area contributed by atoms with E-state index in [-0.39, 0.29) is 15.5 Å². The number of rotatable bonds is 7. The van der Waals surface area contributed by atoms with Crippen molar-refractivity contribution in [2.24, 2.45) is 0 Å². The van der Waals surface area contributed by atoms with Gasteiger partial charge in [0.05, 0.1) is 15.5 Å². The first kappa shape index (κ1) is 17.1. The molecular formula is C13H21NO4S2. The van der Waals surface area contributed by atoms with Crippen molar-refractivity contribution in [3.63, 3.8) is 0 Å². The lowest BCUT2D eigenvalue weighted by atomic mass is 10.4. The molecule has 0 fully saturated rings. The smallest absolute Gasteiger partial charge is 0.178 e. The van der Waals surface area contributed by atoms with Gasteiger partial charge in [-0.2, -0.15) is 0 Å². The molecule has 0 aliphatic rings. The van der Waals surface area contributed by atoms with Gasteiger partial charge in [0.1, 0.15) is 0 Å². The summed E-state index contributed by atoms with van der Waals surface area (Å²) in [5, 5.41) is 3.15. The molecule has 5 nitrogen and oxygen atoms in total. The van der Waals surface area contributed by atoms with Crippen molar-refractivity contribution in [1.29, 1.82) is 0 Å². The van der Waals surface area contributed by atoms with Crippen molar-refractivity contribution in [1.82, 2.24) is 5.32 Å². The largest absolute Gasteiger partial charge is 0.314 e. The minimum atomic E-state index is -3.36. The Bertz CT molecular complexity index is 631. The molecule has 0 unspecified atom stereocenters. The van der Waals surface area contributed by atoms with Crippen LogP contribution in [0.3, 0.4) is 0 Å². The Balaban J connectivity index is 2.73. The Morgan fingerprint density at radius 1 is 1.00 bits per heavy atom. The lowest BCUT2D eigenvalue weighted by Crippen LogP contribution is -2.25. The number of sulfone groups is 2. The van der Waals surface area contributed by atoms with Crippen LogP contribution >= 0.6 is 0 Å². The topological polar surface area (TPSA) is 80.3 Å². The zero-order valence-corrected chi connectivity index (χ0v) is 13.6. The Hall–Kier alpha value is -0.920. The average molecular weight is 319 g/mol. The molecule has 0 aliphatic heterocycles. The molecule has 0 heterocycles. The normalized spacial score (nSPS) is 12.8. The van der Waals surface area contributed by atoms with Gasteiger partial charge >= 0.3 is 0 Å². The summed E-state index contributed by atoms with van der Waals surface area (Å²) in [6, 6.07) is 5.68. The molecule has 20 heavy (non-hydrogen) atoms. The standard InChI is InChI=1S/C13H21NO4S2/c1-11(2)14-9-4-10-20(17,18)13-7-5-12(6-8-13)19(3,15)16/h5-8,11,14H,4,9-10H2,1-3H3. The van der Waals surface area contributed by atoms with E-state index in [1.54, 1.807) is 0 Å². The van der Waals surface area contributed by atoms with E-state index in [2.05, 4.69) is 5.32 Å². The third-order valence-electron chi connectivity index (χ3n) is 2.75. The fourth-order valence-corrected chi connectivity index (χ4v) is 3.61. The highest BCUT2D eigenvalue weighted by Gasteiger charge is 2.15. The van der Waals surface area contributed by atoms with Crippen molar-refractivity contribution in [2.75, 3.05) is 18.6 Å². The molecule has 1 rings (SSSR count). The molecule has 0 aromatic heterocycles. The van der Waals surface area contributed by atoms with Crippen molar-refractivity contribution >= 4 is 19.7 Å². The second kappa shape index (κ2) is 6.69. The fourth-order valence-electron chi connectivity index (χ4n) is 1.66. The molecule has 0 radical (unpaired) electrons.